The number of hydrogen-bond acceptors (Lipinski definition) is 4. The molecule has 0 spiro atoms. The number of hydrogen-bond donors (Lipinski definition) is 0. The molecule has 2 aliphatic rings. The predicted octanol–water partition coefficient (Wildman–Crippen LogP) is 2.14. The lowest BCUT2D eigenvalue weighted by Gasteiger charge is -2.11. The summed E-state index contributed by atoms with van der Waals surface area (Å²) < 4.78 is 35.5. The Labute approximate surface area is 112 Å². The van der Waals surface area contributed by atoms with Gasteiger partial charge in [0.2, 0.25) is 5.82 Å². The molecule has 18 heavy (non-hydrogen) atoms. The van der Waals surface area contributed by atoms with Crippen molar-refractivity contribution in [3.8, 4) is 11.5 Å². The van der Waals surface area contributed by atoms with Crippen LogP contribution in [0.15, 0.2) is 16.6 Å². The Morgan fingerprint density at radius 2 is 1.56 bits per heavy atom. The fourth-order valence-corrected chi connectivity index (χ4v) is 1.86. The highest BCUT2D eigenvalue weighted by atomic mass is 79.9. The average Bonchev–Trinajstić information content (AvgIpc) is 3.22. The van der Waals surface area contributed by atoms with Gasteiger partial charge in [-0.05, 0) is 12.1 Å². The van der Waals surface area contributed by atoms with Crippen LogP contribution >= 0.6 is 15.9 Å². The first-order valence-corrected chi connectivity index (χ1v) is 6.49. The molecule has 0 aliphatic carbocycles. The first-order chi connectivity index (χ1) is 8.72. The number of ether oxygens (including phenoxy) is 4. The Morgan fingerprint density at radius 1 is 1.11 bits per heavy atom. The van der Waals surface area contributed by atoms with E-state index in [1.54, 1.807) is 12.1 Å². The minimum atomic E-state index is -0.487. The zero-order chi connectivity index (χ0) is 12.5. The molecule has 1 aromatic rings. The first kappa shape index (κ1) is 12.2. The third kappa shape index (κ3) is 3.13. The van der Waals surface area contributed by atoms with Crippen LogP contribution in [-0.4, -0.2) is 38.6 Å². The molecule has 3 rings (SSSR count). The maximum atomic E-state index is 14.0. The molecule has 2 saturated heterocycles. The number of epoxide rings is 2. The van der Waals surface area contributed by atoms with Gasteiger partial charge in [0.15, 0.2) is 11.5 Å². The van der Waals surface area contributed by atoms with Crippen molar-refractivity contribution in [3.63, 3.8) is 0 Å². The molecule has 4 nitrogen and oxygen atoms in total. The molecule has 0 bridgehead atoms. The van der Waals surface area contributed by atoms with E-state index in [-0.39, 0.29) is 23.7 Å². The van der Waals surface area contributed by atoms with Crippen molar-refractivity contribution in [2.45, 2.75) is 12.2 Å². The summed E-state index contributed by atoms with van der Waals surface area (Å²) in [5.41, 5.74) is 0. The fraction of sp³-hybridized carbons (Fsp3) is 0.500. The topological polar surface area (TPSA) is 43.5 Å². The van der Waals surface area contributed by atoms with Crippen molar-refractivity contribution < 1.29 is 23.3 Å². The van der Waals surface area contributed by atoms with Crippen LogP contribution in [0.25, 0.3) is 0 Å². The number of halogens is 2. The molecule has 1 aromatic carbocycles. The maximum Gasteiger partial charge on any atom is 0.206 e. The van der Waals surface area contributed by atoms with Crippen molar-refractivity contribution in [1.82, 2.24) is 0 Å². The minimum Gasteiger partial charge on any atom is -0.488 e. The summed E-state index contributed by atoms with van der Waals surface area (Å²) in [5, 5.41) is 0. The van der Waals surface area contributed by atoms with Gasteiger partial charge in [-0.25, -0.2) is 0 Å². The molecular weight excluding hydrogens is 307 g/mol. The third-order valence-corrected chi connectivity index (χ3v) is 3.08. The molecule has 0 N–H and O–H groups in total. The van der Waals surface area contributed by atoms with Crippen molar-refractivity contribution >= 4 is 15.9 Å². The molecular formula is C12H12BrFO4. The van der Waals surface area contributed by atoms with Gasteiger partial charge in [-0.2, -0.15) is 4.39 Å². The Kier molecular flexibility index (Phi) is 3.41. The Balaban J connectivity index is 1.69. The largest absolute Gasteiger partial charge is 0.488 e. The SMILES string of the molecule is Fc1c(OC[C@H]2CO2)cc(Br)cc1OC[C@H]1CO1. The highest BCUT2D eigenvalue weighted by molar-refractivity contribution is 9.10. The van der Waals surface area contributed by atoms with E-state index in [0.29, 0.717) is 30.9 Å². The van der Waals surface area contributed by atoms with Crippen molar-refractivity contribution in [1.29, 1.82) is 0 Å². The summed E-state index contributed by atoms with van der Waals surface area (Å²) in [6, 6.07) is 3.16. The standard InChI is InChI=1S/C12H12BrFO4/c13-7-1-10(17-5-8-3-15-8)12(14)11(2-7)18-6-9-4-16-9/h1-2,8-9H,3-6H2/t8-,9-/m1/s1. The zero-order valence-corrected chi connectivity index (χ0v) is 11.1. The lowest BCUT2D eigenvalue weighted by molar-refractivity contribution is 0.235. The van der Waals surface area contributed by atoms with Crippen LogP contribution in [0, 0.1) is 5.82 Å². The fourth-order valence-electron chi connectivity index (χ4n) is 1.44. The summed E-state index contributed by atoms with van der Waals surface area (Å²) in [6.45, 7) is 2.08. The predicted molar refractivity (Wildman–Crippen MR) is 64.6 cm³/mol. The first-order valence-electron chi connectivity index (χ1n) is 5.70. The van der Waals surface area contributed by atoms with E-state index in [1.165, 1.54) is 0 Å². The summed E-state index contributed by atoms with van der Waals surface area (Å²) in [7, 11) is 0. The van der Waals surface area contributed by atoms with Gasteiger partial charge in [0.05, 0.1) is 13.2 Å². The second kappa shape index (κ2) is 5.03. The van der Waals surface area contributed by atoms with Crippen LogP contribution in [-0.2, 0) is 9.47 Å². The molecule has 6 heteroatoms. The molecule has 0 amide bonds. The molecule has 2 atom stereocenters. The highest BCUT2D eigenvalue weighted by Gasteiger charge is 2.26. The van der Waals surface area contributed by atoms with Gasteiger partial charge >= 0.3 is 0 Å². The zero-order valence-electron chi connectivity index (χ0n) is 9.53. The van der Waals surface area contributed by atoms with Crippen LogP contribution in [0.1, 0.15) is 0 Å². The van der Waals surface area contributed by atoms with E-state index < -0.39 is 5.82 Å². The van der Waals surface area contributed by atoms with E-state index >= 15 is 0 Å². The summed E-state index contributed by atoms with van der Waals surface area (Å²) in [5.74, 6) is -0.141. The van der Waals surface area contributed by atoms with E-state index in [4.69, 9.17) is 18.9 Å². The molecule has 0 unspecified atom stereocenters. The second-order valence-corrected chi connectivity index (χ2v) is 5.16. The molecule has 2 fully saturated rings. The summed E-state index contributed by atoms with van der Waals surface area (Å²) >= 11 is 3.30. The van der Waals surface area contributed by atoms with E-state index in [1.807, 2.05) is 0 Å². The van der Waals surface area contributed by atoms with Crippen molar-refractivity contribution in [2.75, 3.05) is 26.4 Å². The Bertz CT molecular complexity index is 409. The van der Waals surface area contributed by atoms with Gasteiger partial charge in [-0.3, -0.25) is 0 Å². The van der Waals surface area contributed by atoms with Gasteiger partial charge in [0.25, 0.3) is 0 Å². The second-order valence-electron chi connectivity index (χ2n) is 4.25. The van der Waals surface area contributed by atoms with Crippen molar-refractivity contribution in [3.05, 3.63) is 22.4 Å². The monoisotopic (exact) mass is 318 g/mol. The van der Waals surface area contributed by atoms with E-state index in [9.17, 15) is 4.39 Å². The van der Waals surface area contributed by atoms with E-state index in [0.717, 1.165) is 0 Å². The van der Waals surface area contributed by atoms with Crippen LogP contribution in [0.4, 0.5) is 4.39 Å². The van der Waals surface area contributed by atoms with Crippen LogP contribution in [0.3, 0.4) is 0 Å². The van der Waals surface area contributed by atoms with Gasteiger partial charge in [-0.15, -0.1) is 0 Å². The quantitative estimate of drug-likeness (QED) is 0.754. The molecule has 0 saturated carbocycles. The molecule has 98 valence electrons. The lowest BCUT2D eigenvalue weighted by Crippen LogP contribution is -2.08. The third-order valence-electron chi connectivity index (χ3n) is 2.62. The summed E-state index contributed by atoms with van der Waals surface area (Å²) in [4.78, 5) is 0. The van der Waals surface area contributed by atoms with E-state index in [2.05, 4.69) is 15.9 Å². The summed E-state index contributed by atoms with van der Waals surface area (Å²) in [6.07, 6.45) is 0.181. The van der Waals surface area contributed by atoms with Crippen molar-refractivity contribution in [2.24, 2.45) is 0 Å². The van der Waals surface area contributed by atoms with Crippen LogP contribution in [0.2, 0.25) is 0 Å². The maximum absolute atomic E-state index is 14.0. The number of rotatable bonds is 6. The molecule has 0 radical (unpaired) electrons. The normalized spacial score (nSPS) is 24.8. The number of benzene rings is 1. The van der Waals surface area contributed by atoms with Crippen LogP contribution < -0.4 is 9.47 Å². The smallest absolute Gasteiger partial charge is 0.206 e. The average molecular weight is 319 g/mol. The van der Waals surface area contributed by atoms with Gasteiger partial charge in [0.1, 0.15) is 25.4 Å². The Morgan fingerprint density at radius 3 is 1.94 bits per heavy atom. The van der Waals surface area contributed by atoms with Crippen LogP contribution in [0.5, 0.6) is 11.5 Å². The molecule has 0 aromatic heterocycles. The van der Waals surface area contributed by atoms with Gasteiger partial charge < -0.3 is 18.9 Å². The molecule has 2 aliphatic heterocycles. The lowest BCUT2D eigenvalue weighted by atomic mass is 10.3. The van der Waals surface area contributed by atoms with Gasteiger partial charge in [0, 0.05) is 4.47 Å². The minimum absolute atomic E-state index is 0.0904. The Hall–Kier alpha value is -0.850. The highest BCUT2D eigenvalue weighted by Crippen LogP contribution is 2.32. The van der Waals surface area contributed by atoms with Gasteiger partial charge in [-0.1, -0.05) is 15.9 Å². The molecule has 2 heterocycles.